The third-order valence-electron chi connectivity index (χ3n) is 3.68. The highest BCUT2D eigenvalue weighted by atomic mass is 35.5. The van der Waals surface area contributed by atoms with Gasteiger partial charge in [-0.1, -0.05) is 29.8 Å². The smallest absolute Gasteiger partial charge is 0.244 e. The van der Waals surface area contributed by atoms with Crippen molar-refractivity contribution in [2.45, 2.75) is 26.5 Å². The zero-order valence-electron chi connectivity index (χ0n) is 15.9. The first-order valence-electron chi connectivity index (χ1n) is 8.56. The molecule has 0 saturated heterocycles. The van der Waals surface area contributed by atoms with Crippen LogP contribution in [0.3, 0.4) is 0 Å². The predicted molar refractivity (Wildman–Crippen MR) is 108 cm³/mol. The van der Waals surface area contributed by atoms with Crippen molar-refractivity contribution in [3.63, 3.8) is 0 Å². The van der Waals surface area contributed by atoms with Crippen LogP contribution in [0.15, 0.2) is 42.5 Å². The Balaban J connectivity index is 2.06. The van der Waals surface area contributed by atoms with Gasteiger partial charge in [0, 0.05) is 18.2 Å². The van der Waals surface area contributed by atoms with E-state index < -0.39 is 0 Å². The Morgan fingerprint density at radius 2 is 1.85 bits per heavy atom. The molecule has 2 aromatic rings. The minimum Gasteiger partial charge on any atom is -0.496 e. The molecular formula is C21H24ClNO4. The molecule has 0 saturated carbocycles. The number of rotatable bonds is 8. The van der Waals surface area contributed by atoms with E-state index in [1.165, 1.54) is 6.08 Å². The molecule has 2 rings (SSSR count). The molecule has 0 heterocycles. The Morgan fingerprint density at radius 3 is 2.52 bits per heavy atom. The molecule has 0 unspecified atom stereocenters. The van der Waals surface area contributed by atoms with Crippen LogP contribution in [0.1, 0.15) is 25.0 Å². The number of carbonyl (C=O) groups excluding carboxylic acids is 1. The van der Waals surface area contributed by atoms with E-state index in [1.54, 1.807) is 32.4 Å². The highest BCUT2D eigenvalue weighted by Crippen LogP contribution is 2.37. The van der Waals surface area contributed by atoms with E-state index in [0.717, 1.165) is 16.9 Å². The van der Waals surface area contributed by atoms with Crippen molar-refractivity contribution in [1.29, 1.82) is 0 Å². The van der Waals surface area contributed by atoms with Crippen LogP contribution in [0, 0.1) is 0 Å². The van der Waals surface area contributed by atoms with Crippen LogP contribution in [0.2, 0.25) is 5.02 Å². The van der Waals surface area contributed by atoms with Crippen molar-refractivity contribution in [3.05, 3.63) is 58.6 Å². The molecule has 0 aliphatic carbocycles. The molecule has 0 spiro atoms. The summed E-state index contributed by atoms with van der Waals surface area (Å²) in [5.74, 6) is 1.52. The van der Waals surface area contributed by atoms with E-state index in [-0.39, 0.29) is 12.0 Å². The zero-order chi connectivity index (χ0) is 19.8. The van der Waals surface area contributed by atoms with Gasteiger partial charge in [0.25, 0.3) is 0 Å². The highest BCUT2D eigenvalue weighted by Gasteiger charge is 2.12. The van der Waals surface area contributed by atoms with Crippen molar-refractivity contribution in [2.24, 2.45) is 0 Å². The van der Waals surface area contributed by atoms with E-state index in [9.17, 15) is 4.79 Å². The Kier molecular flexibility index (Phi) is 7.55. The van der Waals surface area contributed by atoms with Crippen LogP contribution in [-0.2, 0) is 11.3 Å². The van der Waals surface area contributed by atoms with Gasteiger partial charge in [-0.15, -0.1) is 0 Å². The number of amides is 1. The summed E-state index contributed by atoms with van der Waals surface area (Å²) in [7, 11) is 3.15. The lowest BCUT2D eigenvalue weighted by atomic mass is 10.1. The summed E-state index contributed by atoms with van der Waals surface area (Å²) in [6.07, 6.45) is 3.09. The Bertz CT molecular complexity index is 818. The molecule has 0 aromatic heterocycles. The fraction of sp³-hybridized carbons (Fsp3) is 0.286. The Morgan fingerprint density at radius 1 is 1.15 bits per heavy atom. The van der Waals surface area contributed by atoms with E-state index in [0.29, 0.717) is 23.1 Å². The van der Waals surface area contributed by atoms with E-state index >= 15 is 0 Å². The topological polar surface area (TPSA) is 56.8 Å². The first kappa shape index (κ1) is 20.6. The quantitative estimate of drug-likeness (QED) is 0.676. The average Bonchev–Trinajstić information content (AvgIpc) is 2.66. The van der Waals surface area contributed by atoms with Crippen LogP contribution >= 0.6 is 11.6 Å². The summed E-state index contributed by atoms with van der Waals surface area (Å²) >= 11 is 6.29. The number of carbonyl (C=O) groups is 1. The third kappa shape index (κ3) is 5.93. The summed E-state index contributed by atoms with van der Waals surface area (Å²) in [5, 5.41) is 3.26. The van der Waals surface area contributed by atoms with Gasteiger partial charge in [0.05, 0.1) is 25.3 Å². The van der Waals surface area contributed by atoms with Crippen LogP contribution in [0.4, 0.5) is 0 Å². The maximum absolute atomic E-state index is 12.1. The van der Waals surface area contributed by atoms with Gasteiger partial charge >= 0.3 is 0 Å². The lowest BCUT2D eigenvalue weighted by Crippen LogP contribution is -2.20. The van der Waals surface area contributed by atoms with Gasteiger partial charge in [0.2, 0.25) is 5.91 Å². The molecule has 0 aliphatic rings. The van der Waals surface area contributed by atoms with Gasteiger partial charge in [-0.05, 0) is 43.7 Å². The second kappa shape index (κ2) is 9.88. The van der Waals surface area contributed by atoms with Crippen molar-refractivity contribution >= 4 is 23.6 Å². The summed E-state index contributed by atoms with van der Waals surface area (Å²) in [4.78, 5) is 12.1. The van der Waals surface area contributed by atoms with Gasteiger partial charge < -0.3 is 19.5 Å². The first-order chi connectivity index (χ1) is 12.9. The molecule has 27 heavy (non-hydrogen) atoms. The Labute approximate surface area is 164 Å². The number of para-hydroxylation sites is 1. The largest absolute Gasteiger partial charge is 0.496 e. The number of methoxy groups -OCH3 is 2. The van der Waals surface area contributed by atoms with Gasteiger partial charge in [0.15, 0.2) is 11.5 Å². The molecule has 0 radical (unpaired) electrons. The monoisotopic (exact) mass is 389 g/mol. The third-order valence-corrected chi connectivity index (χ3v) is 3.96. The normalized spacial score (nSPS) is 10.9. The van der Waals surface area contributed by atoms with Crippen molar-refractivity contribution in [1.82, 2.24) is 5.32 Å². The van der Waals surface area contributed by atoms with E-state index in [2.05, 4.69) is 5.32 Å². The van der Waals surface area contributed by atoms with Crippen LogP contribution in [0.5, 0.6) is 17.2 Å². The molecule has 6 heteroatoms. The average molecular weight is 390 g/mol. The summed E-state index contributed by atoms with van der Waals surface area (Å²) < 4.78 is 16.3. The zero-order valence-corrected chi connectivity index (χ0v) is 16.7. The summed E-state index contributed by atoms with van der Waals surface area (Å²) in [6.45, 7) is 4.20. The minimum absolute atomic E-state index is 0.0291. The fourth-order valence-corrected chi connectivity index (χ4v) is 2.71. The first-order valence-corrected chi connectivity index (χ1v) is 8.94. The second-order valence-electron chi connectivity index (χ2n) is 6.06. The molecule has 1 N–H and O–H groups in total. The fourth-order valence-electron chi connectivity index (χ4n) is 2.45. The van der Waals surface area contributed by atoms with Crippen LogP contribution < -0.4 is 19.5 Å². The molecule has 5 nitrogen and oxygen atoms in total. The van der Waals surface area contributed by atoms with Crippen molar-refractivity contribution in [2.75, 3.05) is 14.2 Å². The van der Waals surface area contributed by atoms with Gasteiger partial charge in [-0.3, -0.25) is 4.79 Å². The summed E-state index contributed by atoms with van der Waals surface area (Å²) in [5.41, 5.74) is 1.64. The Hall–Kier alpha value is -2.66. The van der Waals surface area contributed by atoms with Crippen LogP contribution in [0.25, 0.3) is 6.08 Å². The van der Waals surface area contributed by atoms with E-state index in [4.69, 9.17) is 25.8 Å². The molecule has 0 aliphatic heterocycles. The maximum atomic E-state index is 12.1. The second-order valence-corrected chi connectivity index (χ2v) is 6.47. The number of halogens is 1. The molecule has 144 valence electrons. The number of nitrogens with one attached hydrogen (secondary N) is 1. The molecule has 1 amide bonds. The van der Waals surface area contributed by atoms with Crippen molar-refractivity contribution in [3.8, 4) is 17.2 Å². The molecule has 0 atom stereocenters. The minimum atomic E-state index is -0.224. The molecule has 0 fully saturated rings. The molecular weight excluding hydrogens is 366 g/mol. The molecule has 0 bridgehead atoms. The maximum Gasteiger partial charge on any atom is 0.244 e. The van der Waals surface area contributed by atoms with Gasteiger partial charge in [0.1, 0.15) is 5.75 Å². The standard InChI is InChI=1S/C21H24ClNO4/c1-14(2)27-21-17(22)11-15(12-19(21)26-4)9-10-20(24)23-13-16-7-5-6-8-18(16)25-3/h5-12,14H,13H2,1-4H3,(H,23,24)/b10-9+. The predicted octanol–water partition coefficient (Wildman–Crippen LogP) is 4.47. The lowest BCUT2D eigenvalue weighted by Gasteiger charge is -2.15. The lowest BCUT2D eigenvalue weighted by molar-refractivity contribution is -0.116. The number of hydrogen-bond donors (Lipinski definition) is 1. The van der Waals surface area contributed by atoms with Crippen LogP contribution in [-0.4, -0.2) is 26.2 Å². The van der Waals surface area contributed by atoms with E-state index in [1.807, 2.05) is 38.1 Å². The molecule has 2 aromatic carbocycles. The van der Waals surface area contributed by atoms with Gasteiger partial charge in [-0.25, -0.2) is 0 Å². The SMILES string of the molecule is COc1ccccc1CNC(=O)/C=C/c1cc(Cl)c(OC(C)C)c(OC)c1. The number of hydrogen-bond acceptors (Lipinski definition) is 4. The highest BCUT2D eigenvalue weighted by molar-refractivity contribution is 6.32. The number of benzene rings is 2. The summed E-state index contributed by atoms with van der Waals surface area (Å²) in [6, 6.07) is 11.0. The number of ether oxygens (including phenoxy) is 3. The van der Waals surface area contributed by atoms with Crippen molar-refractivity contribution < 1.29 is 19.0 Å². The van der Waals surface area contributed by atoms with Gasteiger partial charge in [-0.2, -0.15) is 0 Å².